The Morgan fingerprint density at radius 2 is 1.13 bits per heavy atom. The van der Waals surface area contributed by atoms with E-state index in [-0.39, 0.29) is 29.0 Å². The zero-order valence-electron chi connectivity index (χ0n) is 17.8. The van der Waals surface area contributed by atoms with Crippen molar-refractivity contribution < 1.29 is 91.5 Å². The van der Waals surface area contributed by atoms with Gasteiger partial charge in [0.15, 0.2) is 0 Å². The highest BCUT2D eigenvalue weighted by molar-refractivity contribution is 7.91. The fraction of sp³-hybridized carbons (Fsp3) is 0.500. The minimum Gasteiger partial charge on any atom is -0.378 e. The Labute approximate surface area is 208 Å². The van der Waals surface area contributed by atoms with Crippen molar-refractivity contribution >= 4 is 36.2 Å². The van der Waals surface area contributed by atoms with E-state index in [1.165, 1.54) is 0 Å². The van der Waals surface area contributed by atoms with E-state index in [4.69, 9.17) is 4.55 Å². The van der Waals surface area contributed by atoms with Gasteiger partial charge in [0.25, 0.3) is 5.91 Å². The Hall–Kier alpha value is -2.54. The topological polar surface area (TPSA) is 161 Å². The van der Waals surface area contributed by atoms with Crippen LogP contribution in [0.3, 0.4) is 0 Å². The lowest BCUT2D eigenvalue weighted by molar-refractivity contribution is -0.271. The second-order valence-electron chi connectivity index (χ2n) is 7.06. The molecule has 0 bridgehead atoms. The van der Waals surface area contributed by atoms with Crippen LogP contribution in [0.2, 0.25) is 0 Å². The molecule has 0 radical (unpaired) electrons. The van der Waals surface area contributed by atoms with Crippen LogP contribution in [0.4, 0.5) is 52.7 Å². The van der Waals surface area contributed by atoms with Gasteiger partial charge in [-0.05, 0) is 24.3 Å². The highest BCUT2D eigenvalue weighted by Crippen LogP contribution is 2.51. The zero-order valence-corrected chi connectivity index (χ0v) is 20.2. The molecule has 0 saturated heterocycles. The van der Waals surface area contributed by atoms with E-state index in [1.807, 2.05) is 0 Å². The van der Waals surface area contributed by atoms with E-state index in [9.17, 15) is 82.7 Å². The van der Waals surface area contributed by atoms with Gasteiger partial charge in [-0.1, -0.05) is 0 Å². The van der Waals surface area contributed by atoms with Crippen LogP contribution >= 0.6 is 0 Å². The molecular formula is C14H9F12NO9S3. The molecule has 0 aliphatic rings. The van der Waals surface area contributed by atoms with Gasteiger partial charge in [0.05, 0.1) is 0 Å². The summed E-state index contributed by atoms with van der Waals surface area (Å²) in [5, 5.41) is -20.8. The van der Waals surface area contributed by atoms with Gasteiger partial charge in [-0.3, -0.25) is 9.35 Å². The molecule has 0 unspecified atom stereocenters. The lowest BCUT2D eigenvalue weighted by Gasteiger charge is -2.30. The molecule has 1 rings (SSSR count). The van der Waals surface area contributed by atoms with Gasteiger partial charge in [0.2, 0.25) is 0 Å². The average Bonchev–Trinajstić information content (AvgIpc) is 2.71. The van der Waals surface area contributed by atoms with Gasteiger partial charge in [0.1, 0.15) is 5.75 Å². The van der Waals surface area contributed by atoms with Crippen LogP contribution in [0.25, 0.3) is 0 Å². The summed E-state index contributed by atoms with van der Waals surface area (Å²) in [6.45, 7) is -0.783. The summed E-state index contributed by atoms with van der Waals surface area (Å²) >= 11 is 0. The number of amides is 1. The number of hydrogen-bond acceptors (Lipinski definition) is 8. The molecule has 0 aromatic heterocycles. The van der Waals surface area contributed by atoms with Crippen molar-refractivity contribution in [3.8, 4) is 5.75 Å². The van der Waals surface area contributed by atoms with Crippen LogP contribution in [0.15, 0.2) is 24.3 Å². The molecule has 0 spiro atoms. The van der Waals surface area contributed by atoms with Crippen LogP contribution in [-0.4, -0.2) is 69.2 Å². The number of carbonyl (C=O) groups excluding carboxylic acids is 1. The van der Waals surface area contributed by atoms with Crippen molar-refractivity contribution in [2.24, 2.45) is 0 Å². The maximum absolute atomic E-state index is 13.7. The summed E-state index contributed by atoms with van der Waals surface area (Å²) in [6.07, 6.45) is 0. The number of halogens is 12. The molecule has 10 nitrogen and oxygen atoms in total. The third-order valence-electron chi connectivity index (χ3n) is 4.17. The number of hydrogen-bond donors (Lipinski definition) is 2. The summed E-state index contributed by atoms with van der Waals surface area (Å²) in [7, 11) is -21.6. The first-order chi connectivity index (χ1) is 16.8. The first-order valence-corrected chi connectivity index (χ1v) is 13.0. The molecule has 1 amide bonds. The fourth-order valence-electron chi connectivity index (χ4n) is 2.00. The molecule has 1 aromatic rings. The maximum atomic E-state index is 13.7. The van der Waals surface area contributed by atoms with Crippen LogP contribution in [0.1, 0.15) is 17.3 Å². The minimum atomic E-state index is -7.39. The number of benzene rings is 1. The van der Waals surface area contributed by atoms with Crippen LogP contribution in [0.5, 0.6) is 5.75 Å². The molecule has 1 aromatic carbocycles. The van der Waals surface area contributed by atoms with Gasteiger partial charge in [0, 0.05) is 12.5 Å². The standard InChI is InChI=1S/C14H9F12NO9S3/c1-9(15,16)10(17,18)12(21,22)37(29,30)27-8(28)6-2-4-7(5-3-6)36-39(34,35)14(25,26)11(19,20)13(23,24)38(31,32)33/h2-5H,1H3,(H,27,28)(H,31,32,33). The molecule has 25 heteroatoms. The van der Waals surface area contributed by atoms with E-state index in [0.29, 0.717) is 0 Å². The van der Waals surface area contributed by atoms with Crippen LogP contribution in [-0.2, 0) is 30.3 Å². The second kappa shape index (κ2) is 9.53. The summed E-state index contributed by atoms with van der Waals surface area (Å²) in [5.74, 6) is -23.5. The first kappa shape index (κ1) is 34.5. The molecule has 39 heavy (non-hydrogen) atoms. The SMILES string of the molecule is CC(F)(F)C(F)(F)C(F)(F)S(=O)(=O)NC(=O)c1ccc(OS(=O)(=O)C(F)(F)C(F)(F)C(F)(F)S(=O)(=O)O)cc1. The highest BCUT2D eigenvalue weighted by atomic mass is 32.2. The van der Waals surface area contributed by atoms with Crippen molar-refractivity contribution in [1.29, 1.82) is 0 Å². The molecule has 0 fully saturated rings. The Balaban J connectivity index is 3.28. The van der Waals surface area contributed by atoms with E-state index in [1.54, 1.807) is 0 Å². The third kappa shape index (κ3) is 5.57. The summed E-state index contributed by atoms with van der Waals surface area (Å²) < 4.78 is 238. The van der Waals surface area contributed by atoms with E-state index in [0.717, 1.165) is 0 Å². The van der Waals surface area contributed by atoms with Gasteiger partial charge in [-0.15, -0.1) is 0 Å². The first-order valence-electron chi connectivity index (χ1n) is 8.66. The summed E-state index contributed by atoms with van der Waals surface area (Å²) in [4.78, 5) is 11.8. The normalized spacial score (nSPS) is 15.1. The van der Waals surface area contributed by atoms with E-state index >= 15 is 0 Å². The van der Waals surface area contributed by atoms with Crippen molar-refractivity contribution in [2.45, 2.75) is 40.5 Å². The van der Waals surface area contributed by atoms with E-state index in [2.05, 4.69) is 4.18 Å². The van der Waals surface area contributed by atoms with Crippen molar-refractivity contribution in [3.63, 3.8) is 0 Å². The number of sulfonamides is 1. The van der Waals surface area contributed by atoms with E-state index < -0.39 is 87.9 Å². The number of rotatable bonds is 11. The second-order valence-corrected chi connectivity index (χ2v) is 11.8. The largest absolute Gasteiger partial charge is 0.450 e. The Kier molecular flexibility index (Phi) is 8.43. The van der Waals surface area contributed by atoms with Crippen LogP contribution in [0, 0.1) is 0 Å². The molecule has 0 atom stereocenters. The zero-order chi connectivity index (χ0) is 31.5. The molecule has 0 aliphatic heterocycles. The predicted octanol–water partition coefficient (Wildman–Crippen LogP) is 3.05. The summed E-state index contributed by atoms with van der Waals surface area (Å²) in [6, 6.07) is 0.0648. The Morgan fingerprint density at radius 1 is 0.718 bits per heavy atom. The van der Waals surface area contributed by atoms with Gasteiger partial charge in [-0.2, -0.15) is 77.9 Å². The van der Waals surface area contributed by atoms with Crippen molar-refractivity contribution in [2.75, 3.05) is 0 Å². The summed E-state index contributed by atoms with van der Waals surface area (Å²) in [5.41, 5.74) is -1.26. The lowest BCUT2D eigenvalue weighted by atomic mass is 10.2. The fourth-order valence-corrected chi connectivity index (χ4v) is 4.43. The minimum absolute atomic E-state index is 0.0266. The smallest absolute Gasteiger partial charge is 0.378 e. The van der Waals surface area contributed by atoms with Gasteiger partial charge < -0.3 is 4.18 Å². The predicted molar refractivity (Wildman–Crippen MR) is 99.3 cm³/mol. The van der Waals surface area contributed by atoms with Crippen molar-refractivity contribution in [1.82, 2.24) is 4.72 Å². The number of nitrogens with one attached hydrogen (secondary N) is 1. The molecule has 0 saturated carbocycles. The maximum Gasteiger partial charge on any atom is 0.450 e. The van der Waals surface area contributed by atoms with Crippen LogP contribution < -0.4 is 8.91 Å². The molecule has 0 aliphatic carbocycles. The third-order valence-corrected chi connectivity index (χ3v) is 7.76. The quantitative estimate of drug-likeness (QED) is 0.207. The Morgan fingerprint density at radius 3 is 1.49 bits per heavy atom. The molecule has 226 valence electrons. The lowest BCUT2D eigenvalue weighted by Crippen LogP contribution is -2.61. The molecule has 2 N–H and O–H groups in total. The van der Waals surface area contributed by atoms with Gasteiger partial charge in [-0.25, -0.2) is 4.72 Å². The van der Waals surface area contributed by atoms with Crippen molar-refractivity contribution in [3.05, 3.63) is 29.8 Å². The number of carbonyl (C=O) groups is 1. The molecular weight excluding hydrogens is 650 g/mol. The molecule has 0 heterocycles. The monoisotopic (exact) mass is 659 g/mol. The Bertz CT molecular complexity index is 1440. The number of alkyl halides is 12. The average molecular weight is 659 g/mol. The van der Waals surface area contributed by atoms with Gasteiger partial charge >= 0.3 is 63.8 Å². The highest BCUT2D eigenvalue weighted by Gasteiger charge is 2.83.